The van der Waals surface area contributed by atoms with Crippen LogP contribution in [0.2, 0.25) is 0 Å². The lowest BCUT2D eigenvalue weighted by Crippen LogP contribution is -2.29. The van der Waals surface area contributed by atoms with Gasteiger partial charge < -0.3 is 19.5 Å². The zero-order chi connectivity index (χ0) is 20.1. The summed E-state index contributed by atoms with van der Waals surface area (Å²) in [6.45, 7) is 1.80. The molecule has 3 aromatic rings. The van der Waals surface area contributed by atoms with Crippen molar-refractivity contribution < 1.29 is 18.8 Å². The second-order valence-corrected chi connectivity index (χ2v) is 7.11. The zero-order valence-electron chi connectivity index (χ0n) is 16.1. The lowest BCUT2D eigenvalue weighted by atomic mass is 10.1. The van der Waals surface area contributed by atoms with Gasteiger partial charge in [0, 0.05) is 29.9 Å². The van der Waals surface area contributed by atoms with Crippen LogP contribution in [-0.2, 0) is 20.7 Å². The van der Waals surface area contributed by atoms with E-state index < -0.39 is 5.97 Å². The van der Waals surface area contributed by atoms with Crippen molar-refractivity contribution >= 4 is 34.2 Å². The van der Waals surface area contributed by atoms with Gasteiger partial charge in [-0.05, 0) is 55.7 Å². The van der Waals surface area contributed by atoms with Crippen molar-refractivity contribution in [2.75, 3.05) is 29.9 Å². The minimum Gasteiger partial charge on any atom is -0.455 e. The van der Waals surface area contributed by atoms with Gasteiger partial charge >= 0.3 is 5.97 Å². The van der Waals surface area contributed by atoms with Crippen LogP contribution in [0.25, 0.3) is 11.0 Å². The smallest absolute Gasteiger partial charge is 0.312 e. The van der Waals surface area contributed by atoms with Gasteiger partial charge in [-0.3, -0.25) is 9.59 Å². The predicted molar refractivity (Wildman–Crippen MR) is 110 cm³/mol. The number of anilines is 2. The fourth-order valence-corrected chi connectivity index (χ4v) is 3.50. The van der Waals surface area contributed by atoms with Crippen LogP contribution in [0, 0.1) is 0 Å². The van der Waals surface area contributed by atoms with Crippen LogP contribution < -0.4 is 10.2 Å². The molecule has 0 atom stereocenters. The summed E-state index contributed by atoms with van der Waals surface area (Å²) in [6.07, 6.45) is 3.67. The molecule has 0 bridgehead atoms. The molecule has 1 saturated heterocycles. The van der Waals surface area contributed by atoms with E-state index in [-0.39, 0.29) is 18.9 Å². The van der Waals surface area contributed by atoms with Crippen molar-refractivity contribution in [1.82, 2.24) is 5.16 Å². The highest BCUT2D eigenvalue weighted by molar-refractivity contribution is 5.93. The molecule has 2 aromatic carbocycles. The second-order valence-electron chi connectivity index (χ2n) is 7.11. The molecule has 1 aliphatic rings. The van der Waals surface area contributed by atoms with Crippen LogP contribution in [0.3, 0.4) is 0 Å². The quantitative estimate of drug-likeness (QED) is 0.645. The first-order valence-corrected chi connectivity index (χ1v) is 9.83. The third kappa shape index (κ3) is 4.74. The molecule has 2 heterocycles. The standard InChI is InChI=1S/C22H23N3O4/c26-21(23-16-8-10-17(11-9-16)25-12-4-1-5-13-25)15-28-22(27)14-19-18-6-2-3-7-20(18)29-24-19/h2-3,6-11H,1,4-5,12-15H2,(H,23,26). The molecule has 0 spiro atoms. The van der Waals surface area contributed by atoms with Crippen LogP contribution in [0.15, 0.2) is 53.1 Å². The van der Waals surface area contributed by atoms with Gasteiger partial charge in [0.05, 0.1) is 6.42 Å². The molecule has 0 saturated carbocycles. The maximum atomic E-state index is 12.1. The summed E-state index contributed by atoms with van der Waals surface area (Å²) in [7, 11) is 0. The van der Waals surface area contributed by atoms with Crippen molar-refractivity contribution in [3.05, 3.63) is 54.2 Å². The number of carbonyl (C=O) groups is 2. The lowest BCUT2D eigenvalue weighted by molar-refractivity contribution is -0.146. The Bertz CT molecular complexity index is 991. The molecule has 0 aliphatic carbocycles. The number of para-hydroxylation sites is 1. The number of nitrogens with zero attached hydrogens (tertiary/aromatic N) is 2. The van der Waals surface area contributed by atoms with Crippen molar-refractivity contribution in [3.63, 3.8) is 0 Å². The fraction of sp³-hybridized carbons (Fsp3) is 0.318. The van der Waals surface area contributed by atoms with E-state index in [2.05, 4.69) is 15.4 Å². The Hall–Kier alpha value is -3.35. The number of fused-ring (bicyclic) bond motifs is 1. The molecule has 1 aliphatic heterocycles. The van der Waals surface area contributed by atoms with Crippen molar-refractivity contribution in [2.45, 2.75) is 25.7 Å². The maximum absolute atomic E-state index is 12.1. The first-order chi connectivity index (χ1) is 14.2. The molecule has 1 aromatic heterocycles. The largest absolute Gasteiger partial charge is 0.455 e. The van der Waals surface area contributed by atoms with E-state index >= 15 is 0 Å². The molecular weight excluding hydrogens is 370 g/mol. The van der Waals surface area contributed by atoms with Gasteiger partial charge in [-0.25, -0.2) is 0 Å². The normalized spacial score (nSPS) is 14.0. The van der Waals surface area contributed by atoms with Crippen LogP contribution >= 0.6 is 0 Å². The average Bonchev–Trinajstić information content (AvgIpc) is 3.16. The van der Waals surface area contributed by atoms with E-state index in [1.165, 1.54) is 19.3 Å². The minimum atomic E-state index is -0.528. The Morgan fingerprint density at radius 3 is 2.59 bits per heavy atom. The van der Waals surface area contributed by atoms with Crippen molar-refractivity contribution in [1.29, 1.82) is 0 Å². The molecule has 1 N–H and O–H groups in total. The Labute approximate surface area is 168 Å². The van der Waals surface area contributed by atoms with E-state index in [9.17, 15) is 9.59 Å². The number of rotatable bonds is 6. The van der Waals surface area contributed by atoms with Gasteiger partial charge in [-0.1, -0.05) is 17.3 Å². The van der Waals surface area contributed by atoms with Crippen LogP contribution in [-0.4, -0.2) is 36.7 Å². The summed E-state index contributed by atoms with van der Waals surface area (Å²) in [5, 5.41) is 7.41. The summed E-state index contributed by atoms with van der Waals surface area (Å²) in [5.74, 6) is -0.909. The van der Waals surface area contributed by atoms with Crippen LogP contribution in [0.4, 0.5) is 11.4 Å². The van der Waals surface area contributed by atoms with Gasteiger partial charge in [0.2, 0.25) is 0 Å². The average molecular weight is 393 g/mol. The van der Waals surface area contributed by atoms with Gasteiger partial charge in [0.25, 0.3) is 5.91 Å². The fourth-order valence-electron chi connectivity index (χ4n) is 3.50. The molecule has 29 heavy (non-hydrogen) atoms. The summed E-state index contributed by atoms with van der Waals surface area (Å²) < 4.78 is 10.2. The first kappa shape index (κ1) is 19.0. The highest BCUT2D eigenvalue weighted by Gasteiger charge is 2.15. The number of nitrogens with one attached hydrogen (secondary N) is 1. The van der Waals surface area contributed by atoms with Gasteiger partial charge in [-0.2, -0.15) is 0 Å². The van der Waals surface area contributed by atoms with Crippen molar-refractivity contribution in [2.24, 2.45) is 0 Å². The first-order valence-electron chi connectivity index (χ1n) is 9.83. The molecule has 4 rings (SSSR count). The third-order valence-corrected chi connectivity index (χ3v) is 5.00. The van der Waals surface area contributed by atoms with E-state index in [1.807, 2.05) is 42.5 Å². The number of amides is 1. The Morgan fingerprint density at radius 2 is 1.79 bits per heavy atom. The lowest BCUT2D eigenvalue weighted by Gasteiger charge is -2.28. The summed E-state index contributed by atoms with van der Waals surface area (Å²) in [5.41, 5.74) is 2.95. The highest BCUT2D eigenvalue weighted by atomic mass is 16.5. The summed E-state index contributed by atoms with van der Waals surface area (Å²) >= 11 is 0. The van der Waals surface area contributed by atoms with Gasteiger partial charge in [0.15, 0.2) is 12.2 Å². The predicted octanol–water partition coefficient (Wildman–Crippen LogP) is 3.54. The number of aromatic nitrogens is 1. The molecule has 7 nitrogen and oxygen atoms in total. The van der Waals surface area contributed by atoms with Crippen molar-refractivity contribution in [3.8, 4) is 0 Å². The summed E-state index contributed by atoms with van der Waals surface area (Å²) in [4.78, 5) is 26.5. The van der Waals surface area contributed by atoms with Gasteiger partial charge in [0.1, 0.15) is 5.69 Å². The molecule has 0 radical (unpaired) electrons. The minimum absolute atomic E-state index is 0.0468. The molecule has 0 unspecified atom stereocenters. The monoisotopic (exact) mass is 393 g/mol. The number of piperidine rings is 1. The molecule has 1 amide bonds. The second kappa shape index (κ2) is 8.77. The zero-order valence-corrected chi connectivity index (χ0v) is 16.1. The van der Waals surface area contributed by atoms with E-state index in [1.54, 1.807) is 6.07 Å². The number of ether oxygens (including phenoxy) is 1. The highest BCUT2D eigenvalue weighted by Crippen LogP contribution is 2.22. The van der Waals surface area contributed by atoms with E-state index in [4.69, 9.17) is 9.26 Å². The molecule has 150 valence electrons. The van der Waals surface area contributed by atoms with Crippen LogP contribution in [0.1, 0.15) is 25.0 Å². The van der Waals surface area contributed by atoms with Crippen LogP contribution in [0.5, 0.6) is 0 Å². The number of hydrogen-bond donors (Lipinski definition) is 1. The Morgan fingerprint density at radius 1 is 1.03 bits per heavy atom. The molecular formula is C22H23N3O4. The number of carbonyl (C=O) groups excluding carboxylic acids is 2. The Kier molecular flexibility index (Phi) is 5.74. The van der Waals surface area contributed by atoms with Gasteiger partial charge in [-0.15, -0.1) is 0 Å². The SMILES string of the molecule is O=C(COC(=O)Cc1noc2ccccc12)Nc1ccc(N2CCCCC2)cc1. The third-order valence-electron chi connectivity index (χ3n) is 5.00. The number of esters is 1. The number of hydrogen-bond acceptors (Lipinski definition) is 6. The number of benzene rings is 2. The topological polar surface area (TPSA) is 84.7 Å². The maximum Gasteiger partial charge on any atom is 0.312 e. The molecule has 1 fully saturated rings. The van der Waals surface area contributed by atoms with E-state index in [0.29, 0.717) is 17.0 Å². The van der Waals surface area contributed by atoms with E-state index in [0.717, 1.165) is 24.2 Å². The Balaban J connectivity index is 1.25. The summed E-state index contributed by atoms with van der Waals surface area (Å²) in [6, 6.07) is 15.0. The molecule has 7 heteroatoms.